The Morgan fingerprint density at radius 3 is 3.06 bits per heavy atom. The SMILES string of the molecule is c1nc(NCC2CCCC2)nc2c1CNC2. The van der Waals surface area contributed by atoms with Gasteiger partial charge in [-0.3, -0.25) is 0 Å². The molecule has 0 saturated heterocycles. The molecule has 1 fully saturated rings. The van der Waals surface area contributed by atoms with Crippen LogP contribution in [0.1, 0.15) is 36.9 Å². The summed E-state index contributed by atoms with van der Waals surface area (Å²) < 4.78 is 0. The molecule has 4 nitrogen and oxygen atoms in total. The molecule has 0 aromatic carbocycles. The van der Waals surface area contributed by atoms with E-state index in [1.165, 1.54) is 31.2 Å². The van der Waals surface area contributed by atoms with Crippen LogP contribution in [0.15, 0.2) is 6.20 Å². The predicted octanol–water partition coefficient (Wildman–Crippen LogP) is 1.68. The largest absolute Gasteiger partial charge is 0.354 e. The predicted molar refractivity (Wildman–Crippen MR) is 63.0 cm³/mol. The van der Waals surface area contributed by atoms with Crippen molar-refractivity contribution < 1.29 is 0 Å². The third kappa shape index (κ3) is 2.02. The molecule has 0 bridgehead atoms. The molecule has 2 aliphatic rings. The maximum atomic E-state index is 4.53. The van der Waals surface area contributed by atoms with Crippen molar-refractivity contribution in [3.63, 3.8) is 0 Å². The average molecular weight is 218 g/mol. The molecule has 1 aromatic rings. The van der Waals surface area contributed by atoms with Crippen molar-refractivity contribution in [3.05, 3.63) is 17.5 Å². The summed E-state index contributed by atoms with van der Waals surface area (Å²) in [5, 5.41) is 6.65. The van der Waals surface area contributed by atoms with Gasteiger partial charge in [0.2, 0.25) is 5.95 Å². The van der Waals surface area contributed by atoms with E-state index in [-0.39, 0.29) is 0 Å². The van der Waals surface area contributed by atoms with Crippen molar-refractivity contribution in [1.29, 1.82) is 0 Å². The molecule has 1 aliphatic heterocycles. The molecule has 0 atom stereocenters. The molecule has 2 N–H and O–H groups in total. The number of hydrogen-bond donors (Lipinski definition) is 2. The second-order valence-corrected chi connectivity index (χ2v) is 4.80. The minimum absolute atomic E-state index is 0.800. The number of nitrogens with zero attached hydrogens (tertiary/aromatic N) is 2. The Hall–Kier alpha value is -1.16. The van der Waals surface area contributed by atoms with Crippen LogP contribution in [0.5, 0.6) is 0 Å². The van der Waals surface area contributed by atoms with Gasteiger partial charge in [-0.15, -0.1) is 0 Å². The van der Waals surface area contributed by atoms with Crippen LogP contribution >= 0.6 is 0 Å². The highest BCUT2D eigenvalue weighted by Crippen LogP contribution is 2.24. The van der Waals surface area contributed by atoms with Gasteiger partial charge < -0.3 is 10.6 Å². The van der Waals surface area contributed by atoms with E-state index in [9.17, 15) is 0 Å². The average Bonchev–Trinajstić information content (AvgIpc) is 2.97. The van der Waals surface area contributed by atoms with Crippen molar-refractivity contribution >= 4 is 5.95 Å². The monoisotopic (exact) mass is 218 g/mol. The van der Waals surface area contributed by atoms with Crippen LogP contribution in [0.2, 0.25) is 0 Å². The zero-order chi connectivity index (χ0) is 10.8. The molecule has 16 heavy (non-hydrogen) atoms. The van der Waals surface area contributed by atoms with Gasteiger partial charge in [0, 0.05) is 31.4 Å². The van der Waals surface area contributed by atoms with Gasteiger partial charge in [-0.25, -0.2) is 9.97 Å². The first-order valence-electron chi connectivity index (χ1n) is 6.21. The number of anilines is 1. The van der Waals surface area contributed by atoms with E-state index in [4.69, 9.17) is 0 Å². The summed E-state index contributed by atoms with van der Waals surface area (Å²) in [4.78, 5) is 8.88. The fourth-order valence-electron chi connectivity index (χ4n) is 2.59. The van der Waals surface area contributed by atoms with Crippen LogP contribution in [0.4, 0.5) is 5.95 Å². The number of aromatic nitrogens is 2. The van der Waals surface area contributed by atoms with Crippen LogP contribution in [0.3, 0.4) is 0 Å². The first kappa shape index (κ1) is 10.0. The highest BCUT2D eigenvalue weighted by atomic mass is 15.1. The summed E-state index contributed by atoms with van der Waals surface area (Å²) >= 11 is 0. The second kappa shape index (κ2) is 4.37. The Labute approximate surface area is 95.9 Å². The lowest BCUT2D eigenvalue weighted by Gasteiger charge is -2.10. The lowest BCUT2D eigenvalue weighted by molar-refractivity contribution is 0.577. The third-order valence-electron chi connectivity index (χ3n) is 3.59. The summed E-state index contributed by atoms with van der Waals surface area (Å²) in [6.07, 6.45) is 7.45. The maximum Gasteiger partial charge on any atom is 0.222 e. The molecule has 1 aromatic heterocycles. The van der Waals surface area contributed by atoms with Gasteiger partial charge in [0.05, 0.1) is 5.69 Å². The van der Waals surface area contributed by atoms with Crippen LogP contribution in [0.25, 0.3) is 0 Å². The fourth-order valence-corrected chi connectivity index (χ4v) is 2.59. The molecule has 0 radical (unpaired) electrons. The van der Waals surface area contributed by atoms with Crippen LogP contribution in [-0.4, -0.2) is 16.5 Å². The molecule has 86 valence electrons. The normalized spacial score (nSPS) is 20.0. The quantitative estimate of drug-likeness (QED) is 0.810. The summed E-state index contributed by atoms with van der Waals surface area (Å²) in [7, 11) is 0. The standard InChI is InChI=1S/C12H18N4/c1-2-4-9(3-1)5-14-12-15-7-10-6-13-8-11(10)16-12/h7,9,13H,1-6,8H2,(H,14,15,16). The Morgan fingerprint density at radius 2 is 2.19 bits per heavy atom. The smallest absolute Gasteiger partial charge is 0.222 e. The van der Waals surface area contributed by atoms with Gasteiger partial charge in [0.25, 0.3) is 0 Å². The summed E-state index contributed by atoms with van der Waals surface area (Å²) in [5.41, 5.74) is 2.40. The minimum atomic E-state index is 0.800. The molecule has 0 amide bonds. The number of fused-ring (bicyclic) bond motifs is 1. The first-order valence-corrected chi connectivity index (χ1v) is 6.21. The minimum Gasteiger partial charge on any atom is -0.354 e. The van der Waals surface area contributed by atoms with Crippen molar-refractivity contribution in [2.75, 3.05) is 11.9 Å². The lowest BCUT2D eigenvalue weighted by atomic mass is 10.1. The molecule has 1 saturated carbocycles. The molecule has 3 rings (SSSR count). The first-order chi connectivity index (χ1) is 7.92. The second-order valence-electron chi connectivity index (χ2n) is 4.80. The number of rotatable bonds is 3. The fraction of sp³-hybridized carbons (Fsp3) is 0.667. The number of nitrogens with one attached hydrogen (secondary N) is 2. The zero-order valence-electron chi connectivity index (χ0n) is 9.50. The summed E-state index contributed by atoms with van der Waals surface area (Å²) in [6.45, 7) is 2.83. The van der Waals surface area contributed by atoms with E-state index in [2.05, 4.69) is 20.6 Å². The van der Waals surface area contributed by atoms with E-state index in [0.29, 0.717) is 0 Å². The molecular weight excluding hydrogens is 200 g/mol. The van der Waals surface area contributed by atoms with Gasteiger partial charge >= 0.3 is 0 Å². The van der Waals surface area contributed by atoms with E-state index in [1.807, 2.05) is 6.20 Å². The molecule has 1 aliphatic carbocycles. The van der Waals surface area contributed by atoms with Gasteiger partial charge in [0.1, 0.15) is 0 Å². The Kier molecular flexibility index (Phi) is 2.74. The van der Waals surface area contributed by atoms with Crippen LogP contribution in [-0.2, 0) is 13.1 Å². The van der Waals surface area contributed by atoms with Crippen LogP contribution in [0, 0.1) is 5.92 Å². The van der Waals surface area contributed by atoms with Gasteiger partial charge in [-0.2, -0.15) is 0 Å². The Balaban J connectivity index is 1.61. The molecular formula is C12H18N4. The highest BCUT2D eigenvalue weighted by molar-refractivity contribution is 5.31. The van der Waals surface area contributed by atoms with Gasteiger partial charge in [-0.1, -0.05) is 12.8 Å². The molecule has 0 spiro atoms. The van der Waals surface area contributed by atoms with Gasteiger partial charge in [0.15, 0.2) is 0 Å². The number of hydrogen-bond acceptors (Lipinski definition) is 4. The molecule has 4 heteroatoms. The highest BCUT2D eigenvalue weighted by Gasteiger charge is 2.16. The zero-order valence-corrected chi connectivity index (χ0v) is 9.50. The van der Waals surface area contributed by atoms with Crippen molar-refractivity contribution in [1.82, 2.24) is 15.3 Å². The maximum absolute atomic E-state index is 4.53. The van der Waals surface area contributed by atoms with Crippen molar-refractivity contribution in [2.45, 2.75) is 38.8 Å². The van der Waals surface area contributed by atoms with E-state index in [0.717, 1.165) is 37.2 Å². The third-order valence-corrected chi connectivity index (χ3v) is 3.59. The van der Waals surface area contributed by atoms with E-state index < -0.39 is 0 Å². The Morgan fingerprint density at radius 1 is 1.31 bits per heavy atom. The van der Waals surface area contributed by atoms with Crippen LogP contribution < -0.4 is 10.6 Å². The summed E-state index contributed by atoms with van der Waals surface area (Å²) in [5.74, 6) is 1.63. The molecule has 2 heterocycles. The molecule has 0 unspecified atom stereocenters. The van der Waals surface area contributed by atoms with Crippen molar-refractivity contribution in [3.8, 4) is 0 Å². The van der Waals surface area contributed by atoms with E-state index >= 15 is 0 Å². The topological polar surface area (TPSA) is 49.8 Å². The van der Waals surface area contributed by atoms with Crippen molar-refractivity contribution in [2.24, 2.45) is 5.92 Å². The summed E-state index contributed by atoms with van der Waals surface area (Å²) in [6, 6.07) is 0. The van der Waals surface area contributed by atoms with Gasteiger partial charge in [-0.05, 0) is 18.8 Å². The lowest BCUT2D eigenvalue weighted by Crippen LogP contribution is -2.13. The Bertz CT molecular complexity index is 371. The van der Waals surface area contributed by atoms with E-state index in [1.54, 1.807) is 0 Å².